The third kappa shape index (κ3) is 8.11. The van der Waals surface area contributed by atoms with Gasteiger partial charge in [-0.25, -0.2) is 4.79 Å². The van der Waals surface area contributed by atoms with Gasteiger partial charge in [0.2, 0.25) is 0 Å². The molecule has 0 radical (unpaired) electrons. The first-order chi connectivity index (χ1) is 11.7. The van der Waals surface area contributed by atoms with Crippen LogP contribution in [0.2, 0.25) is 0 Å². The molecule has 0 fully saturated rings. The Hall–Kier alpha value is -1.87. The smallest absolute Gasteiger partial charge is 0.407 e. The van der Waals surface area contributed by atoms with Gasteiger partial charge in [0.25, 0.3) is 0 Å². The number of unbranched alkanes of at least 4 members (excludes halogenated alkanes) is 3. The van der Waals surface area contributed by atoms with Crippen molar-refractivity contribution >= 4 is 17.9 Å². The summed E-state index contributed by atoms with van der Waals surface area (Å²) in [7, 11) is 1.72. The molecule has 3 rings (SSSR count). The van der Waals surface area contributed by atoms with E-state index in [0.717, 1.165) is 37.2 Å². The Morgan fingerprint density at radius 2 is 2.21 bits per heavy atom. The lowest BCUT2D eigenvalue weighted by molar-refractivity contribution is 0.144. The summed E-state index contributed by atoms with van der Waals surface area (Å²) in [4.78, 5) is 12.3. The van der Waals surface area contributed by atoms with Crippen molar-refractivity contribution in [2.24, 2.45) is 0 Å². The number of carbonyl (C=O) groups excluding carboxylic acids is 1. The number of fused-ring (bicyclic) bond motifs is 3. The number of hydrogen-bond donors (Lipinski definition) is 1. The molecule has 1 N–H and O–H groups in total. The molecule has 6 heteroatoms. The number of amides is 1. The number of rotatable bonds is 8. The Bertz CT molecular complexity index is 544. The third-order valence-electron chi connectivity index (χ3n) is 3.37. The summed E-state index contributed by atoms with van der Waals surface area (Å²) in [6, 6.07) is 8.40. The topological polar surface area (TPSA) is 71.3 Å². The minimum Gasteiger partial charge on any atom is -0.496 e. The van der Waals surface area contributed by atoms with Gasteiger partial charge in [0.15, 0.2) is 0 Å². The maximum atomic E-state index is 11.0. The average Bonchev–Trinajstić information content (AvgIpc) is 2.63. The van der Waals surface area contributed by atoms with Crippen molar-refractivity contribution in [3.63, 3.8) is 0 Å². The van der Waals surface area contributed by atoms with Gasteiger partial charge in [-0.15, -0.1) is 11.8 Å². The number of nitrogens with zero attached hydrogens (tertiary/aromatic N) is 1. The predicted octanol–water partition coefficient (Wildman–Crippen LogP) is 4.51. The van der Waals surface area contributed by atoms with Gasteiger partial charge in [-0.2, -0.15) is 5.26 Å². The van der Waals surface area contributed by atoms with Crippen LogP contribution in [0.25, 0.3) is 0 Å². The number of benzene rings is 1. The van der Waals surface area contributed by atoms with E-state index in [0.29, 0.717) is 19.6 Å². The van der Waals surface area contributed by atoms with E-state index in [-0.39, 0.29) is 6.09 Å². The minimum absolute atomic E-state index is 0.351. The molecule has 1 amide bonds. The van der Waals surface area contributed by atoms with Crippen LogP contribution in [0, 0.1) is 11.3 Å². The summed E-state index contributed by atoms with van der Waals surface area (Å²) in [5.41, 5.74) is 1.31. The van der Waals surface area contributed by atoms with E-state index in [2.05, 4.69) is 29.6 Å². The quantitative estimate of drug-likeness (QED) is 0.699. The number of ether oxygens (including phenoxy) is 2. The van der Waals surface area contributed by atoms with Gasteiger partial charge >= 0.3 is 6.09 Å². The fourth-order valence-electron chi connectivity index (χ4n) is 1.97. The lowest BCUT2D eigenvalue weighted by Gasteiger charge is -2.15. The first kappa shape index (κ1) is 20.2. The second-order valence-corrected chi connectivity index (χ2v) is 6.34. The van der Waals surface area contributed by atoms with Crippen molar-refractivity contribution in [1.82, 2.24) is 5.32 Å². The maximum Gasteiger partial charge on any atom is 0.407 e. The summed E-state index contributed by atoms with van der Waals surface area (Å²) in [5, 5.41) is 10.9. The molecule has 0 unspecified atom stereocenters. The Morgan fingerprint density at radius 1 is 1.38 bits per heavy atom. The number of hydrogen-bond acceptors (Lipinski definition) is 5. The van der Waals surface area contributed by atoms with Crippen LogP contribution < -0.4 is 10.1 Å². The van der Waals surface area contributed by atoms with Crippen LogP contribution in [0.3, 0.4) is 0 Å². The van der Waals surface area contributed by atoms with Gasteiger partial charge in [-0.1, -0.05) is 19.4 Å². The second-order valence-electron chi connectivity index (χ2n) is 5.29. The Morgan fingerprint density at radius 3 is 2.71 bits per heavy atom. The molecular formula is C18H26N2O3S. The molecule has 0 aromatic heterocycles. The number of carbonyl (C=O) groups is 1. The Balaban J connectivity index is 0.000000250. The summed E-state index contributed by atoms with van der Waals surface area (Å²) >= 11 is 1.87. The van der Waals surface area contributed by atoms with Crippen molar-refractivity contribution in [1.29, 1.82) is 5.26 Å². The van der Waals surface area contributed by atoms with Gasteiger partial charge in [0.05, 0.1) is 19.8 Å². The second kappa shape index (κ2) is 12.5. The fourth-order valence-corrected chi connectivity index (χ4v) is 2.89. The lowest BCUT2D eigenvalue weighted by atomic mass is 10.2. The molecule has 5 nitrogen and oxygen atoms in total. The van der Waals surface area contributed by atoms with Crippen LogP contribution in [0.15, 0.2) is 23.1 Å². The zero-order chi connectivity index (χ0) is 17.6. The zero-order valence-corrected chi connectivity index (χ0v) is 15.3. The van der Waals surface area contributed by atoms with E-state index in [1.807, 2.05) is 18.7 Å². The summed E-state index contributed by atoms with van der Waals surface area (Å²) in [5.74, 6) is 2.11. The van der Waals surface area contributed by atoms with Gasteiger partial charge < -0.3 is 14.8 Å². The SMILES string of the molecule is CCCCOC(=O)NCCCCC#N.COc1cc2ccc1CS2. The fraction of sp³-hybridized carbons (Fsp3) is 0.556. The van der Waals surface area contributed by atoms with E-state index in [1.54, 1.807) is 7.11 Å². The summed E-state index contributed by atoms with van der Waals surface area (Å²) < 4.78 is 10.0. The zero-order valence-electron chi connectivity index (χ0n) is 14.5. The van der Waals surface area contributed by atoms with Crippen LogP contribution >= 0.6 is 11.8 Å². The van der Waals surface area contributed by atoms with Crippen LogP contribution in [0.4, 0.5) is 4.79 Å². The highest BCUT2D eigenvalue weighted by Gasteiger charge is 2.10. The van der Waals surface area contributed by atoms with Crippen LogP contribution in [-0.4, -0.2) is 26.4 Å². The molecule has 2 bridgehead atoms. The molecule has 0 atom stereocenters. The molecule has 1 aromatic carbocycles. The van der Waals surface area contributed by atoms with Crippen LogP contribution in [0.5, 0.6) is 5.75 Å². The van der Waals surface area contributed by atoms with Crippen LogP contribution in [-0.2, 0) is 10.5 Å². The highest BCUT2D eigenvalue weighted by Crippen LogP contribution is 2.36. The highest BCUT2D eigenvalue weighted by atomic mass is 32.2. The molecule has 2 aliphatic heterocycles. The molecule has 0 saturated carbocycles. The number of alkyl carbamates (subject to hydrolysis) is 1. The normalized spacial score (nSPS) is 11.0. The maximum absolute atomic E-state index is 11.0. The van der Waals surface area contributed by atoms with Gasteiger partial charge in [0, 0.05) is 29.2 Å². The number of nitrogens with one attached hydrogen (secondary N) is 1. The molecule has 24 heavy (non-hydrogen) atoms. The van der Waals surface area contributed by atoms with E-state index < -0.39 is 0 Å². The summed E-state index contributed by atoms with van der Waals surface area (Å²) in [6.07, 6.45) is 3.78. The Kier molecular flexibility index (Phi) is 10.5. The average molecular weight is 350 g/mol. The molecule has 0 aliphatic carbocycles. The predicted molar refractivity (Wildman–Crippen MR) is 96.3 cm³/mol. The van der Waals surface area contributed by atoms with Crippen molar-refractivity contribution in [2.75, 3.05) is 20.3 Å². The summed E-state index contributed by atoms with van der Waals surface area (Å²) in [6.45, 7) is 3.12. The molecule has 132 valence electrons. The van der Waals surface area contributed by atoms with Gasteiger partial charge in [-0.3, -0.25) is 0 Å². The molecule has 0 spiro atoms. The largest absolute Gasteiger partial charge is 0.496 e. The first-order valence-corrected chi connectivity index (χ1v) is 9.27. The Labute approximate surface area is 148 Å². The third-order valence-corrected chi connectivity index (χ3v) is 4.41. The lowest BCUT2D eigenvalue weighted by Crippen LogP contribution is -2.25. The van der Waals surface area contributed by atoms with Gasteiger partial charge in [0.1, 0.15) is 5.75 Å². The monoisotopic (exact) mass is 350 g/mol. The molecule has 2 aliphatic rings. The molecule has 0 saturated heterocycles. The van der Waals surface area contributed by atoms with Crippen molar-refractivity contribution in [3.8, 4) is 11.8 Å². The number of thioether (sulfide) groups is 1. The molecule has 2 heterocycles. The van der Waals surface area contributed by atoms with E-state index in [9.17, 15) is 4.79 Å². The first-order valence-electron chi connectivity index (χ1n) is 8.28. The van der Waals surface area contributed by atoms with E-state index >= 15 is 0 Å². The van der Waals surface area contributed by atoms with Crippen molar-refractivity contribution in [3.05, 3.63) is 23.8 Å². The van der Waals surface area contributed by atoms with Crippen molar-refractivity contribution in [2.45, 2.75) is 49.7 Å². The minimum atomic E-state index is -0.351. The highest BCUT2D eigenvalue weighted by molar-refractivity contribution is 7.98. The molecule has 1 aromatic rings. The van der Waals surface area contributed by atoms with Crippen molar-refractivity contribution < 1.29 is 14.3 Å². The molecular weight excluding hydrogens is 324 g/mol. The standard InChI is InChI=1S/C10H18N2O2.C8H8OS/c1-2-3-9-14-10(13)12-8-6-4-5-7-11;1-9-8-4-7-3-2-6(8)5-10-7/h2-6,8-9H2,1H3,(H,12,13);2-4H,5H2,1H3. The van der Waals surface area contributed by atoms with E-state index in [4.69, 9.17) is 14.7 Å². The number of nitriles is 1. The number of methoxy groups -OCH3 is 1. The van der Waals surface area contributed by atoms with E-state index in [1.165, 1.54) is 10.5 Å². The van der Waals surface area contributed by atoms with Crippen LogP contribution in [0.1, 0.15) is 44.6 Å². The van der Waals surface area contributed by atoms with Gasteiger partial charge in [-0.05, 0) is 31.4 Å².